The summed E-state index contributed by atoms with van der Waals surface area (Å²) in [5, 5.41) is 3.56. The van der Waals surface area contributed by atoms with Gasteiger partial charge in [-0.25, -0.2) is 4.98 Å². The van der Waals surface area contributed by atoms with E-state index in [1.165, 1.54) is 29.1 Å². The highest BCUT2D eigenvalue weighted by atomic mass is 35.5. The number of rotatable bonds is 8. The van der Waals surface area contributed by atoms with Gasteiger partial charge in [0.15, 0.2) is 0 Å². The third-order valence-corrected chi connectivity index (χ3v) is 4.94. The Kier molecular flexibility index (Phi) is 6.83. The molecule has 2 N–H and O–H groups in total. The third-order valence-electron chi connectivity index (χ3n) is 3.89. The van der Waals surface area contributed by atoms with Crippen LogP contribution < -0.4 is 5.73 Å². The Morgan fingerprint density at radius 1 is 1.18 bits per heavy atom. The molecule has 0 radical (unpaired) electrons. The maximum atomic E-state index is 5.76. The van der Waals surface area contributed by atoms with E-state index in [0.29, 0.717) is 6.54 Å². The zero-order valence-corrected chi connectivity index (χ0v) is 14.4. The van der Waals surface area contributed by atoms with E-state index in [4.69, 9.17) is 10.7 Å². The molecule has 0 saturated heterocycles. The van der Waals surface area contributed by atoms with Crippen molar-refractivity contribution in [3.05, 3.63) is 52.0 Å². The van der Waals surface area contributed by atoms with Crippen molar-refractivity contribution in [3.63, 3.8) is 0 Å². The molecule has 22 heavy (non-hydrogen) atoms. The van der Waals surface area contributed by atoms with E-state index in [1.54, 1.807) is 0 Å². The molecule has 2 aromatic rings. The van der Waals surface area contributed by atoms with Gasteiger partial charge in [0.2, 0.25) is 0 Å². The maximum Gasteiger partial charge on any atom is 0.0959 e. The highest BCUT2D eigenvalue weighted by molar-refractivity contribution is 7.09. The first-order chi connectivity index (χ1) is 10.3. The molecule has 1 aliphatic rings. The molecule has 3 nitrogen and oxygen atoms in total. The van der Waals surface area contributed by atoms with Crippen LogP contribution in [0.15, 0.2) is 35.7 Å². The molecule has 1 saturated carbocycles. The Morgan fingerprint density at radius 2 is 1.95 bits per heavy atom. The van der Waals surface area contributed by atoms with Crippen molar-refractivity contribution in [2.45, 2.75) is 31.7 Å². The number of thiazole rings is 1. The van der Waals surface area contributed by atoms with Gasteiger partial charge in [-0.3, -0.25) is 4.90 Å². The van der Waals surface area contributed by atoms with E-state index in [9.17, 15) is 0 Å². The van der Waals surface area contributed by atoms with Crippen molar-refractivity contribution in [1.82, 2.24) is 9.88 Å². The molecule has 0 atom stereocenters. The summed E-state index contributed by atoms with van der Waals surface area (Å²) in [6.07, 6.45) is 3.72. The Morgan fingerprint density at radius 3 is 2.64 bits per heavy atom. The van der Waals surface area contributed by atoms with E-state index in [1.807, 2.05) is 11.3 Å². The lowest BCUT2D eigenvalue weighted by atomic mass is 10.1. The van der Waals surface area contributed by atoms with Gasteiger partial charge in [-0.2, -0.15) is 0 Å². The number of hydrogen-bond acceptors (Lipinski definition) is 4. The van der Waals surface area contributed by atoms with Crippen LogP contribution in [0.5, 0.6) is 0 Å². The largest absolute Gasteiger partial charge is 0.329 e. The topological polar surface area (TPSA) is 42.1 Å². The Balaban J connectivity index is 0.00000176. The predicted molar refractivity (Wildman–Crippen MR) is 95.8 cm³/mol. The third kappa shape index (κ3) is 5.06. The van der Waals surface area contributed by atoms with Crippen LogP contribution >= 0.6 is 23.7 Å². The van der Waals surface area contributed by atoms with Crippen molar-refractivity contribution >= 4 is 23.7 Å². The van der Waals surface area contributed by atoms with Crippen LogP contribution in [-0.4, -0.2) is 29.5 Å². The lowest BCUT2D eigenvalue weighted by Gasteiger charge is -2.20. The van der Waals surface area contributed by atoms with Crippen LogP contribution in [0, 0.1) is 0 Å². The molecule has 1 aromatic carbocycles. The lowest BCUT2D eigenvalue weighted by Crippen LogP contribution is -2.31. The smallest absolute Gasteiger partial charge is 0.0959 e. The average molecular weight is 338 g/mol. The maximum absolute atomic E-state index is 5.76. The number of aromatic nitrogens is 1. The second-order valence-electron chi connectivity index (χ2n) is 5.75. The van der Waals surface area contributed by atoms with E-state index in [0.717, 1.165) is 32.0 Å². The Hall–Kier alpha value is -0.940. The van der Waals surface area contributed by atoms with E-state index in [-0.39, 0.29) is 12.4 Å². The van der Waals surface area contributed by atoms with Gasteiger partial charge in [-0.1, -0.05) is 30.3 Å². The zero-order valence-electron chi connectivity index (χ0n) is 12.8. The van der Waals surface area contributed by atoms with Gasteiger partial charge in [-0.05, 0) is 24.8 Å². The first kappa shape index (κ1) is 17.4. The molecule has 0 bridgehead atoms. The average Bonchev–Trinajstić information content (AvgIpc) is 3.26. The van der Waals surface area contributed by atoms with Crippen LogP contribution in [0.2, 0.25) is 0 Å². The first-order valence-corrected chi connectivity index (χ1v) is 8.64. The molecule has 5 heteroatoms. The van der Waals surface area contributed by atoms with Crippen molar-refractivity contribution in [2.24, 2.45) is 5.73 Å². The fourth-order valence-corrected chi connectivity index (χ4v) is 3.51. The van der Waals surface area contributed by atoms with Gasteiger partial charge in [0.1, 0.15) is 0 Å². The first-order valence-electron chi connectivity index (χ1n) is 7.76. The number of halogens is 1. The minimum absolute atomic E-state index is 0. The molecule has 120 valence electrons. The molecule has 1 aliphatic carbocycles. The Bertz CT molecular complexity index is 554. The quantitative estimate of drug-likeness (QED) is 0.802. The van der Waals surface area contributed by atoms with Crippen LogP contribution in [-0.2, 0) is 13.0 Å². The van der Waals surface area contributed by atoms with E-state index in [2.05, 4.69) is 40.6 Å². The summed E-state index contributed by atoms with van der Waals surface area (Å²) in [7, 11) is 0. The minimum Gasteiger partial charge on any atom is -0.329 e. The molecular formula is C17H24ClN3S. The Labute approximate surface area is 143 Å². The van der Waals surface area contributed by atoms with Gasteiger partial charge < -0.3 is 5.73 Å². The summed E-state index contributed by atoms with van der Waals surface area (Å²) in [4.78, 5) is 7.20. The summed E-state index contributed by atoms with van der Waals surface area (Å²) in [5.74, 6) is 0.760. The molecular weight excluding hydrogens is 314 g/mol. The van der Waals surface area contributed by atoms with Gasteiger partial charge in [0.25, 0.3) is 0 Å². The van der Waals surface area contributed by atoms with Gasteiger partial charge in [0, 0.05) is 37.5 Å². The van der Waals surface area contributed by atoms with E-state index < -0.39 is 0 Å². The fourth-order valence-electron chi connectivity index (χ4n) is 2.53. The number of benzene rings is 1. The summed E-state index contributed by atoms with van der Waals surface area (Å²) in [5.41, 5.74) is 8.35. The molecule has 0 aliphatic heterocycles. The van der Waals surface area contributed by atoms with Crippen LogP contribution in [0.3, 0.4) is 0 Å². The summed E-state index contributed by atoms with van der Waals surface area (Å²) in [6, 6.07) is 10.6. The molecule has 3 rings (SSSR count). The molecule has 0 unspecified atom stereocenters. The van der Waals surface area contributed by atoms with Gasteiger partial charge in [-0.15, -0.1) is 23.7 Å². The van der Waals surface area contributed by atoms with Crippen molar-refractivity contribution in [3.8, 4) is 0 Å². The SMILES string of the molecule is Cl.NCCN(CCc1ccccc1)Cc1csc(C2CC2)n1. The second-order valence-corrected chi connectivity index (χ2v) is 6.64. The number of hydrogen-bond donors (Lipinski definition) is 1. The molecule has 0 amide bonds. The molecule has 1 aromatic heterocycles. The second kappa shape index (κ2) is 8.63. The van der Waals surface area contributed by atoms with E-state index >= 15 is 0 Å². The molecule has 1 fully saturated rings. The normalized spacial score (nSPS) is 14.1. The van der Waals surface area contributed by atoms with Crippen molar-refractivity contribution < 1.29 is 0 Å². The molecule has 0 spiro atoms. The van der Waals surface area contributed by atoms with Crippen LogP contribution in [0.4, 0.5) is 0 Å². The minimum atomic E-state index is 0. The number of nitrogens with zero attached hydrogens (tertiary/aromatic N) is 2. The zero-order chi connectivity index (χ0) is 14.5. The standard InChI is InChI=1S/C17H23N3S.ClH/c18-9-11-20(10-8-14-4-2-1-3-5-14)12-16-13-21-17(19-16)15-6-7-15;/h1-5,13,15H,6-12,18H2;1H. The van der Waals surface area contributed by atoms with Crippen LogP contribution in [0.1, 0.15) is 35.0 Å². The highest BCUT2D eigenvalue weighted by Crippen LogP contribution is 2.41. The summed E-state index contributed by atoms with van der Waals surface area (Å²) < 4.78 is 0. The highest BCUT2D eigenvalue weighted by Gasteiger charge is 2.26. The molecule has 1 heterocycles. The monoisotopic (exact) mass is 337 g/mol. The fraction of sp³-hybridized carbons (Fsp3) is 0.471. The van der Waals surface area contributed by atoms with Crippen molar-refractivity contribution in [2.75, 3.05) is 19.6 Å². The van der Waals surface area contributed by atoms with Crippen molar-refractivity contribution in [1.29, 1.82) is 0 Å². The summed E-state index contributed by atoms with van der Waals surface area (Å²) in [6.45, 7) is 3.60. The predicted octanol–water partition coefficient (Wildman–Crippen LogP) is 3.45. The van der Waals surface area contributed by atoms with Gasteiger partial charge >= 0.3 is 0 Å². The van der Waals surface area contributed by atoms with Crippen LogP contribution in [0.25, 0.3) is 0 Å². The lowest BCUT2D eigenvalue weighted by molar-refractivity contribution is 0.273. The number of nitrogens with two attached hydrogens (primary N) is 1. The summed E-state index contributed by atoms with van der Waals surface area (Å²) >= 11 is 1.83. The van der Waals surface area contributed by atoms with Gasteiger partial charge in [0.05, 0.1) is 10.7 Å².